The Labute approximate surface area is 122 Å². The summed E-state index contributed by atoms with van der Waals surface area (Å²) in [6.07, 6.45) is 4.85. The number of H-pyrrole nitrogens is 1. The first-order valence-corrected chi connectivity index (χ1v) is 7.24. The van der Waals surface area contributed by atoms with Gasteiger partial charge in [0.25, 0.3) is 5.91 Å². The molecule has 0 bridgehead atoms. The third-order valence-corrected chi connectivity index (χ3v) is 3.97. The fourth-order valence-corrected chi connectivity index (χ4v) is 2.87. The van der Waals surface area contributed by atoms with Crippen LogP contribution in [0.2, 0.25) is 0 Å². The fraction of sp³-hybridized carbons (Fsp3) is 0.467. The Morgan fingerprint density at radius 2 is 2.24 bits per heavy atom. The largest absolute Gasteiger partial charge is 0.453 e. The van der Waals surface area contributed by atoms with Gasteiger partial charge >= 0.3 is 0 Å². The van der Waals surface area contributed by atoms with Gasteiger partial charge in [-0.15, -0.1) is 0 Å². The number of amides is 1. The molecule has 2 heterocycles. The molecule has 0 radical (unpaired) electrons. The third-order valence-electron chi connectivity index (χ3n) is 3.97. The van der Waals surface area contributed by atoms with Crippen molar-refractivity contribution in [3.8, 4) is 0 Å². The number of hydrogen-bond donors (Lipinski definition) is 3. The minimum Gasteiger partial charge on any atom is -0.453 e. The van der Waals surface area contributed by atoms with E-state index < -0.39 is 0 Å². The molecule has 6 heteroatoms. The van der Waals surface area contributed by atoms with E-state index in [1.165, 1.54) is 25.7 Å². The summed E-state index contributed by atoms with van der Waals surface area (Å²) in [4.78, 5) is 12.2. The van der Waals surface area contributed by atoms with Gasteiger partial charge in [0.1, 0.15) is 12.4 Å². The lowest BCUT2D eigenvalue weighted by Crippen LogP contribution is -2.12. The van der Waals surface area contributed by atoms with Gasteiger partial charge in [-0.1, -0.05) is 12.8 Å². The Kier molecular flexibility index (Phi) is 3.79. The first-order valence-electron chi connectivity index (χ1n) is 7.24. The fourth-order valence-electron chi connectivity index (χ4n) is 2.87. The Balaban J connectivity index is 1.70. The number of furan rings is 1. The second-order valence-corrected chi connectivity index (χ2v) is 5.53. The molecule has 1 saturated carbocycles. The number of carbonyl (C=O) groups is 1. The molecular weight excluding hydrogens is 270 g/mol. The predicted molar refractivity (Wildman–Crippen MR) is 77.1 cm³/mol. The molecule has 3 N–H and O–H groups in total. The minimum atomic E-state index is -0.350. The molecule has 0 saturated heterocycles. The van der Waals surface area contributed by atoms with Crippen molar-refractivity contribution in [3.63, 3.8) is 0 Å². The van der Waals surface area contributed by atoms with Crippen LogP contribution in [-0.2, 0) is 6.61 Å². The lowest BCUT2D eigenvalue weighted by atomic mass is 10.0. The summed E-state index contributed by atoms with van der Waals surface area (Å²) >= 11 is 0. The maximum absolute atomic E-state index is 12.2. The lowest BCUT2D eigenvalue weighted by molar-refractivity contribution is 0.0991. The van der Waals surface area contributed by atoms with E-state index in [4.69, 9.17) is 9.52 Å². The number of anilines is 1. The molecule has 1 amide bonds. The molecule has 0 atom stereocenters. The second-order valence-electron chi connectivity index (χ2n) is 5.53. The molecule has 0 aromatic carbocycles. The van der Waals surface area contributed by atoms with E-state index in [0.29, 0.717) is 23.1 Å². The number of aliphatic hydroxyl groups excluding tert-OH is 1. The van der Waals surface area contributed by atoms with Crippen molar-refractivity contribution in [1.82, 2.24) is 10.2 Å². The third kappa shape index (κ3) is 2.85. The van der Waals surface area contributed by atoms with Crippen molar-refractivity contribution < 1.29 is 14.3 Å². The maximum atomic E-state index is 12.2. The van der Waals surface area contributed by atoms with Gasteiger partial charge in [-0.2, -0.15) is 5.10 Å². The van der Waals surface area contributed by atoms with Gasteiger partial charge in [-0.3, -0.25) is 9.89 Å². The normalized spacial score (nSPS) is 15.5. The number of carbonyl (C=O) groups excluding carboxylic acids is 1. The first-order chi connectivity index (χ1) is 10.2. The van der Waals surface area contributed by atoms with E-state index in [2.05, 4.69) is 15.5 Å². The molecule has 1 aliphatic carbocycles. The zero-order valence-corrected chi connectivity index (χ0v) is 12.0. The van der Waals surface area contributed by atoms with Gasteiger partial charge in [-0.25, -0.2) is 0 Å². The molecule has 112 valence electrons. The van der Waals surface area contributed by atoms with Crippen LogP contribution in [0.4, 0.5) is 5.82 Å². The van der Waals surface area contributed by atoms with Gasteiger partial charge in [0.2, 0.25) is 0 Å². The molecule has 0 unspecified atom stereocenters. The van der Waals surface area contributed by atoms with E-state index in [1.54, 1.807) is 13.0 Å². The van der Waals surface area contributed by atoms with Crippen LogP contribution in [0.3, 0.4) is 0 Å². The Morgan fingerprint density at radius 1 is 1.48 bits per heavy atom. The zero-order chi connectivity index (χ0) is 14.8. The van der Waals surface area contributed by atoms with Crippen LogP contribution in [0.25, 0.3) is 0 Å². The van der Waals surface area contributed by atoms with Crippen molar-refractivity contribution in [1.29, 1.82) is 0 Å². The number of aromatic nitrogens is 2. The summed E-state index contributed by atoms with van der Waals surface area (Å²) in [5.41, 5.74) is 1.78. The van der Waals surface area contributed by atoms with Gasteiger partial charge < -0.3 is 14.8 Å². The smallest absolute Gasteiger partial charge is 0.292 e. The lowest BCUT2D eigenvalue weighted by Gasteiger charge is -2.03. The number of rotatable bonds is 4. The Bertz CT molecular complexity index is 638. The average Bonchev–Trinajstić information content (AvgIpc) is 3.17. The number of nitrogens with one attached hydrogen (secondary N) is 2. The SMILES string of the molecule is Cc1cc(CO)oc1C(=O)Nc1cc(C2CCCC2)[nH]n1. The molecule has 0 spiro atoms. The highest BCUT2D eigenvalue weighted by Gasteiger charge is 2.21. The minimum absolute atomic E-state index is 0.212. The van der Waals surface area contributed by atoms with Crippen LogP contribution in [0.15, 0.2) is 16.5 Å². The highest BCUT2D eigenvalue weighted by molar-refractivity contribution is 6.02. The summed E-state index contributed by atoms with van der Waals surface area (Å²) in [5, 5.41) is 18.9. The maximum Gasteiger partial charge on any atom is 0.292 e. The van der Waals surface area contributed by atoms with Crippen LogP contribution in [0.1, 0.15) is 59.2 Å². The molecule has 21 heavy (non-hydrogen) atoms. The summed E-state index contributed by atoms with van der Waals surface area (Å²) in [6.45, 7) is 1.55. The first kappa shape index (κ1) is 13.9. The van der Waals surface area contributed by atoms with Gasteiger partial charge in [0, 0.05) is 23.2 Å². The van der Waals surface area contributed by atoms with Crippen LogP contribution >= 0.6 is 0 Å². The molecule has 2 aromatic rings. The summed E-state index contributed by atoms with van der Waals surface area (Å²) in [7, 11) is 0. The number of aliphatic hydroxyl groups is 1. The standard InChI is InChI=1S/C15H19N3O3/c1-9-6-11(8-19)21-14(9)15(20)16-13-7-12(17-18-13)10-4-2-3-5-10/h6-7,10,19H,2-5,8H2,1H3,(H2,16,17,18,20). The topological polar surface area (TPSA) is 91.2 Å². The summed E-state index contributed by atoms with van der Waals surface area (Å²) in [6, 6.07) is 3.54. The Hall–Kier alpha value is -2.08. The molecule has 2 aromatic heterocycles. The highest BCUT2D eigenvalue weighted by Crippen LogP contribution is 2.33. The monoisotopic (exact) mass is 289 g/mol. The van der Waals surface area contributed by atoms with Crippen LogP contribution in [0, 0.1) is 6.92 Å². The molecule has 1 fully saturated rings. The number of aryl methyl sites for hydroxylation is 1. The highest BCUT2D eigenvalue weighted by atomic mass is 16.4. The van der Waals surface area contributed by atoms with E-state index in [0.717, 1.165) is 5.69 Å². The summed E-state index contributed by atoms with van der Waals surface area (Å²) in [5.74, 6) is 1.27. The van der Waals surface area contributed by atoms with E-state index in [-0.39, 0.29) is 18.3 Å². The van der Waals surface area contributed by atoms with Crippen molar-refractivity contribution >= 4 is 11.7 Å². The summed E-state index contributed by atoms with van der Waals surface area (Å²) < 4.78 is 5.30. The number of nitrogens with zero attached hydrogens (tertiary/aromatic N) is 1. The van der Waals surface area contributed by atoms with Gasteiger partial charge in [-0.05, 0) is 25.8 Å². The second kappa shape index (κ2) is 5.73. The van der Waals surface area contributed by atoms with E-state index >= 15 is 0 Å². The van der Waals surface area contributed by atoms with E-state index in [9.17, 15) is 4.79 Å². The zero-order valence-electron chi connectivity index (χ0n) is 12.0. The van der Waals surface area contributed by atoms with Crippen LogP contribution in [-0.4, -0.2) is 21.2 Å². The van der Waals surface area contributed by atoms with Gasteiger partial charge in [0.15, 0.2) is 11.6 Å². The van der Waals surface area contributed by atoms with E-state index in [1.807, 2.05) is 6.07 Å². The van der Waals surface area contributed by atoms with Gasteiger partial charge in [0.05, 0.1) is 0 Å². The predicted octanol–water partition coefficient (Wildman–Crippen LogP) is 2.71. The molecule has 0 aliphatic heterocycles. The van der Waals surface area contributed by atoms with Crippen molar-refractivity contribution in [2.45, 2.75) is 45.1 Å². The molecule has 3 rings (SSSR count). The molecular formula is C15H19N3O3. The molecule has 1 aliphatic rings. The van der Waals surface area contributed by atoms with Crippen molar-refractivity contribution in [3.05, 3.63) is 34.9 Å². The number of hydrogen-bond acceptors (Lipinski definition) is 4. The Morgan fingerprint density at radius 3 is 2.90 bits per heavy atom. The molecule has 6 nitrogen and oxygen atoms in total. The van der Waals surface area contributed by atoms with Crippen LogP contribution in [0.5, 0.6) is 0 Å². The van der Waals surface area contributed by atoms with Crippen LogP contribution < -0.4 is 5.32 Å². The average molecular weight is 289 g/mol. The quantitative estimate of drug-likeness (QED) is 0.807. The van der Waals surface area contributed by atoms with Crippen molar-refractivity contribution in [2.75, 3.05) is 5.32 Å². The number of aromatic amines is 1. The van der Waals surface area contributed by atoms with Crippen molar-refractivity contribution in [2.24, 2.45) is 0 Å².